The number of carbonyl (C=O) groups is 1. The highest BCUT2D eigenvalue weighted by atomic mass is 16.5. The van der Waals surface area contributed by atoms with Crippen LogP contribution in [0.4, 0.5) is 0 Å². The lowest BCUT2D eigenvalue weighted by Crippen LogP contribution is -2.34. The Hall–Kier alpha value is -4.37. The lowest BCUT2D eigenvalue weighted by atomic mass is 9.85. The fraction of sp³-hybridized carbons (Fsp3) is 0.490. The second-order valence-electron chi connectivity index (χ2n) is 16.1. The van der Waals surface area contributed by atoms with Crippen molar-refractivity contribution in [1.82, 2.24) is 10.2 Å². The molecule has 0 bridgehead atoms. The molecule has 2 aliphatic carbocycles. The first-order valence-corrected chi connectivity index (χ1v) is 20.9. The topological polar surface area (TPSA) is 78.5 Å². The third kappa shape index (κ3) is 10.8. The van der Waals surface area contributed by atoms with Crippen molar-refractivity contribution in [2.75, 3.05) is 55.2 Å². The number of nitrogens with zero attached hydrogens (tertiary/aromatic N) is 1. The zero-order chi connectivity index (χ0) is 40.1. The molecule has 1 N–H and O–H groups in total. The van der Waals surface area contributed by atoms with Crippen LogP contribution < -0.4 is 24.3 Å². The minimum Gasteiger partial charge on any atom is -0.493 e. The van der Waals surface area contributed by atoms with Crippen molar-refractivity contribution in [2.45, 2.75) is 77.5 Å². The van der Waals surface area contributed by atoms with Gasteiger partial charge in [0.1, 0.15) is 0 Å². The molecule has 0 saturated carbocycles. The van der Waals surface area contributed by atoms with Gasteiger partial charge in [-0.1, -0.05) is 74.0 Å². The predicted octanol–water partition coefficient (Wildman–Crippen LogP) is 9.52. The molecule has 8 nitrogen and oxygen atoms in total. The number of piperidine rings is 1. The number of likely N-dealkylation sites (tertiary alicyclic amines) is 1. The van der Waals surface area contributed by atoms with Gasteiger partial charge in [0, 0.05) is 31.7 Å². The van der Waals surface area contributed by atoms with Crippen molar-refractivity contribution in [3.63, 3.8) is 0 Å². The number of benzene rings is 4. The van der Waals surface area contributed by atoms with Gasteiger partial charge >= 0.3 is 0 Å². The van der Waals surface area contributed by atoms with Crippen molar-refractivity contribution in [2.24, 2.45) is 23.7 Å². The Morgan fingerprint density at radius 2 is 1.33 bits per heavy atom. The van der Waals surface area contributed by atoms with Crippen LogP contribution in [0.15, 0.2) is 84.9 Å². The molecule has 1 aliphatic heterocycles. The van der Waals surface area contributed by atoms with Crippen LogP contribution in [0.5, 0.6) is 23.0 Å². The predicted molar refractivity (Wildman–Crippen MR) is 228 cm³/mol. The van der Waals surface area contributed by atoms with E-state index in [1.54, 1.807) is 28.4 Å². The van der Waals surface area contributed by atoms with Gasteiger partial charge in [0.25, 0.3) is 0 Å². The van der Waals surface area contributed by atoms with Gasteiger partial charge < -0.3 is 29.0 Å². The Morgan fingerprint density at radius 3 is 1.95 bits per heavy atom. The second-order valence-corrected chi connectivity index (χ2v) is 16.1. The van der Waals surface area contributed by atoms with Crippen LogP contribution in [0.2, 0.25) is 0 Å². The first kappa shape index (κ1) is 42.2. The summed E-state index contributed by atoms with van der Waals surface area (Å²) in [5, 5.41) is 3.53. The van der Waals surface area contributed by atoms with Crippen LogP contribution in [0.1, 0.15) is 89.7 Å². The number of carbonyl (C=O) groups excluding carboxylic acids is 1. The molecule has 57 heavy (non-hydrogen) atoms. The molecule has 0 aromatic heterocycles. The van der Waals surface area contributed by atoms with Gasteiger partial charge in [-0.15, -0.1) is 0 Å². The van der Waals surface area contributed by atoms with E-state index in [0.29, 0.717) is 23.3 Å². The molecule has 1 saturated heterocycles. The van der Waals surface area contributed by atoms with Crippen LogP contribution in [0.3, 0.4) is 0 Å². The van der Waals surface area contributed by atoms with Crippen molar-refractivity contribution >= 4 is 5.78 Å². The minimum atomic E-state index is 0.0749. The molecule has 7 rings (SSSR count). The summed E-state index contributed by atoms with van der Waals surface area (Å²) >= 11 is 0. The molecule has 4 unspecified atom stereocenters. The number of Topliss-reactive ketones (excluding diaryl/α,β-unsaturated/α-hetero) is 1. The number of hydrogen-bond acceptors (Lipinski definition) is 8. The van der Waals surface area contributed by atoms with Gasteiger partial charge in [-0.25, -0.2) is 0 Å². The highest BCUT2D eigenvalue weighted by molar-refractivity contribution is 6.02. The van der Waals surface area contributed by atoms with E-state index >= 15 is 0 Å². The number of ether oxygens (including phenoxy) is 5. The van der Waals surface area contributed by atoms with Gasteiger partial charge in [-0.3, -0.25) is 9.69 Å². The number of fused-ring (bicyclic) bond motifs is 2. The van der Waals surface area contributed by atoms with Crippen LogP contribution in [-0.4, -0.2) is 65.9 Å². The summed E-state index contributed by atoms with van der Waals surface area (Å²) < 4.78 is 27.7. The SMILES string of the molecule is CCC(CCNCc1ccccc1)CC1Cc2cc(OC)c(OC)cc2C1=O.COc1cc2c(cc1OC)C(OC)C(CC1CCN(Cc3ccccc3)CC1)C2. The van der Waals surface area contributed by atoms with E-state index in [1.807, 2.05) is 25.3 Å². The maximum atomic E-state index is 12.9. The van der Waals surface area contributed by atoms with Gasteiger partial charge in [-0.05, 0) is 134 Å². The van der Waals surface area contributed by atoms with Gasteiger partial charge in [0.2, 0.25) is 0 Å². The summed E-state index contributed by atoms with van der Waals surface area (Å²) in [4.78, 5) is 15.5. The largest absolute Gasteiger partial charge is 0.493 e. The fourth-order valence-corrected chi connectivity index (χ4v) is 9.31. The number of methoxy groups -OCH3 is 5. The molecule has 0 amide bonds. The van der Waals surface area contributed by atoms with E-state index in [0.717, 1.165) is 80.3 Å². The first-order chi connectivity index (χ1) is 27.9. The molecule has 1 heterocycles. The Bertz CT molecular complexity index is 1860. The van der Waals surface area contributed by atoms with E-state index in [2.05, 4.69) is 83.9 Å². The maximum Gasteiger partial charge on any atom is 0.166 e. The van der Waals surface area contributed by atoms with Crippen LogP contribution in [0, 0.1) is 23.7 Å². The molecule has 0 radical (unpaired) electrons. The lowest BCUT2D eigenvalue weighted by Gasteiger charge is -2.34. The standard InChI is InChI=1S/C25H33NO3.C24H31NO3/c1-27-23-15-20-14-21(25(29-3)22(20)16-24(23)28-2)13-18-9-11-26(12-10-18)17-19-7-5-4-6-8-19;1-4-17(10-11-25-16-18-8-6-5-7-9-18)12-20-13-19-14-22(27-2)23(28-3)15-21(19)24(20)26/h4-8,15-16,18,21,25H,9-14,17H2,1-3H3;5-9,14-15,17,20,25H,4,10-13,16H2,1-3H3. The number of nitrogens with one attached hydrogen (secondary N) is 1. The molecule has 8 heteroatoms. The lowest BCUT2D eigenvalue weighted by molar-refractivity contribution is 0.0451. The van der Waals surface area contributed by atoms with E-state index in [4.69, 9.17) is 23.7 Å². The highest BCUT2D eigenvalue weighted by Gasteiger charge is 2.36. The monoisotopic (exact) mass is 776 g/mol. The van der Waals surface area contributed by atoms with Crippen molar-refractivity contribution < 1.29 is 28.5 Å². The Kier molecular flexibility index (Phi) is 15.5. The number of ketones is 1. The zero-order valence-corrected chi connectivity index (χ0v) is 35.1. The fourth-order valence-electron chi connectivity index (χ4n) is 9.31. The van der Waals surface area contributed by atoms with E-state index in [9.17, 15) is 4.79 Å². The molecule has 306 valence electrons. The quantitative estimate of drug-likeness (QED) is 0.106. The average Bonchev–Trinajstić information content (AvgIpc) is 3.75. The molecule has 3 aliphatic rings. The maximum absolute atomic E-state index is 12.9. The summed E-state index contributed by atoms with van der Waals surface area (Å²) in [5.74, 6) is 5.14. The number of hydrogen-bond donors (Lipinski definition) is 1. The molecule has 0 spiro atoms. The molecule has 4 aromatic carbocycles. The Balaban J connectivity index is 0.000000193. The average molecular weight is 777 g/mol. The molecular weight excluding hydrogens is 713 g/mol. The Morgan fingerprint density at radius 1 is 0.737 bits per heavy atom. The summed E-state index contributed by atoms with van der Waals surface area (Å²) in [7, 11) is 8.48. The van der Waals surface area contributed by atoms with Crippen LogP contribution in [-0.2, 0) is 30.7 Å². The number of rotatable bonds is 17. The zero-order valence-electron chi connectivity index (χ0n) is 35.1. The summed E-state index contributed by atoms with van der Waals surface area (Å²) in [6.45, 7) is 7.55. The third-order valence-corrected chi connectivity index (χ3v) is 12.5. The highest BCUT2D eigenvalue weighted by Crippen LogP contribution is 2.47. The van der Waals surface area contributed by atoms with Crippen molar-refractivity contribution in [3.8, 4) is 23.0 Å². The van der Waals surface area contributed by atoms with E-state index in [-0.39, 0.29) is 17.8 Å². The molecule has 1 fully saturated rings. The first-order valence-electron chi connectivity index (χ1n) is 20.9. The Labute approximate surface area is 341 Å². The second kappa shape index (κ2) is 20.9. The van der Waals surface area contributed by atoms with Crippen molar-refractivity contribution in [3.05, 3.63) is 118 Å². The molecule has 4 aromatic rings. The summed E-state index contributed by atoms with van der Waals surface area (Å²) in [5.41, 5.74) is 7.24. The third-order valence-electron chi connectivity index (χ3n) is 12.5. The van der Waals surface area contributed by atoms with E-state index < -0.39 is 0 Å². The summed E-state index contributed by atoms with van der Waals surface area (Å²) in [6.07, 6.45) is 8.97. The molecular formula is C49H64N2O6. The molecule has 4 atom stereocenters. The van der Waals surface area contributed by atoms with Gasteiger partial charge in [0.05, 0.1) is 34.5 Å². The van der Waals surface area contributed by atoms with Gasteiger partial charge in [0.15, 0.2) is 28.8 Å². The van der Waals surface area contributed by atoms with Crippen molar-refractivity contribution in [1.29, 1.82) is 0 Å². The summed E-state index contributed by atoms with van der Waals surface area (Å²) in [6, 6.07) is 29.3. The van der Waals surface area contributed by atoms with E-state index in [1.165, 1.54) is 54.6 Å². The smallest absolute Gasteiger partial charge is 0.166 e. The van der Waals surface area contributed by atoms with Crippen LogP contribution in [0.25, 0.3) is 0 Å². The van der Waals surface area contributed by atoms with Crippen LogP contribution >= 0.6 is 0 Å². The van der Waals surface area contributed by atoms with Gasteiger partial charge in [-0.2, -0.15) is 0 Å². The normalized spacial score (nSPS) is 19.6. The minimum absolute atomic E-state index is 0.0749.